The lowest BCUT2D eigenvalue weighted by molar-refractivity contribution is -0.137. The highest BCUT2D eigenvalue weighted by Gasteiger charge is 2.05. The molecular weight excluding hydrogens is 256 g/mol. The van der Waals surface area contributed by atoms with Gasteiger partial charge in [-0.3, -0.25) is 9.78 Å². The number of aliphatic carboxylic acids is 1. The number of aromatic nitrogens is 1. The normalized spacial score (nSPS) is 12.2. The number of rotatable bonds is 9. The summed E-state index contributed by atoms with van der Waals surface area (Å²) < 4.78 is 5.21. The Morgan fingerprint density at radius 2 is 2.20 bits per heavy atom. The Labute approximate surface area is 120 Å². The number of carboxylic acid groups (broad SMARTS) is 1. The second kappa shape index (κ2) is 8.53. The van der Waals surface area contributed by atoms with Crippen molar-refractivity contribution in [1.82, 2.24) is 10.3 Å². The molecular formula is C15H24N2O3. The average Bonchev–Trinajstić information content (AvgIpc) is 2.40. The van der Waals surface area contributed by atoms with E-state index in [9.17, 15) is 4.79 Å². The zero-order valence-corrected chi connectivity index (χ0v) is 12.5. The van der Waals surface area contributed by atoms with Gasteiger partial charge in [0.25, 0.3) is 0 Å². The Kier molecular flexibility index (Phi) is 7.01. The molecule has 0 radical (unpaired) electrons. The van der Waals surface area contributed by atoms with Gasteiger partial charge in [0.2, 0.25) is 0 Å². The third-order valence-corrected chi connectivity index (χ3v) is 3.19. The molecule has 1 aromatic rings. The van der Waals surface area contributed by atoms with Crippen LogP contribution in [0.4, 0.5) is 0 Å². The summed E-state index contributed by atoms with van der Waals surface area (Å²) in [4.78, 5) is 14.9. The van der Waals surface area contributed by atoms with Gasteiger partial charge in [-0.1, -0.05) is 6.92 Å². The van der Waals surface area contributed by atoms with E-state index in [4.69, 9.17) is 9.84 Å². The van der Waals surface area contributed by atoms with Crippen molar-refractivity contribution in [2.75, 3.05) is 13.7 Å². The molecule has 0 fully saturated rings. The molecule has 1 unspecified atom stereocenters. The van der Waals surface area contributed by atoms with Crippen LogP contribution in [0.25, 0.3) is 0 Å². The number of hydrogen-bond acceptors (Lipinski definition) is 4. The third kappa shape index (κ3) is 6.52. The molecule has 0 bridgehead atoms. The molecule has 112 valence electrons. The van der Waals surface area contributed by atoms with Crippen LogP contribution in [0.15, 0.2) is 12.1 Å². The van der Waals surface area contributed by atoms with Crippen LogP contribution in [0.2, 0.25) is 0 Å². The van der Waals surface area contributed by atoms with Gasteiger partial charge in [0.05, 0.1) is 12.8 Å². The van der Waals surface area contributed by atoms with Crippen molar-refractivity contribution in [2.24, 2.45) is 5.92 Å². The van der Waals surface area contributed by atoms with Crippen molar-refractivity contribution in [1.29, 1.82) is 0 Å². The predicted octanol–water partition coefficient (Wildman–Crippen LogP) is 2.38. The van der Waals surface area contributed by atoms with Gasteiger partial charge in [-0.25, -0.2) is 0 Å². The van der Waals surface area contributed by atoms with Crippen LogP contribution < -0.4 is 10.1 Å². The number of pyridine rings is 1. The molecule has 0 saturated heterocycles. The molecule has 0 aliphatic heterocycles. The van der Waals surface area contributed by atoms with Crippen molar-refractivity contribution in [3.05, 3.63) is 23.5 Å². The summed E-state index contributed by atoms with van der Waals surface area (Å²) in [5.74, 6) is 0.517. The largest absolute Gasteiger partial charge is 0.497 e. The Balaban J connectivity index is 2.27. The fourth-order valence-electron chi connectivity index (χ4n) is 1.99. The Morgan fingerprint density at radius 3 is 2.85 bits per heavy atom. The molecule has 0 saturated carbocycles. The van der Waals surface area contributed by atoms with Crippen molar-refractivity contribution in [3.63, 3.8) is 0 Å². The highest BCUT2D eigenvalue weighted by molar-refractivity contribution is 5.66. The number of aryl methyl sites for hydroxylation is 1. The molecule has 0 aromatic carbocycles. The molecule has 0 aliphatic rings. The predicted molar refractivity (Wildman–Crippen MR) is 77.9 cm³/mol. The van der Waals surface area contributed by atoms with Crippen LogP contribution in [-0.2, 0) is 11.3 Å². The molecule has 1 aromatic heterocycles. The summed E-state index contributed by atoms with van der Waals surface area (Å²) in [7, 11) is 1.65. The van der Waals surface area contributed by atoms with Crippen molar-refractivity contribution in [2.45, 2.75) is 39.7 Å². The Bertz CT molecular complexity index is 435. The first-order chi connectivity index (χ1) is 9.51. The van der Waals surface area contributed by atoms with Crippen LogP contribution >= 0.6 is 0 Å². The zero-order valence-electron chi connectivity index (χ0n) is 12.5. The van der Waals surface area contributed by atoms with Gasteiger partial charge in [-0.05, 0) is 32.2 Å². The third-order valence-electron chi connectivity index (χ3n) is 3.19. The standard InChI is InChI=1S/C15H24N2O3/c1-11(4-5-15(18)19)6-7-16-10-13-9-14(20-3)8-12(2)17-13/h8-9,11,16H,4-7,10H2,1-3H3,(H,18,19). The maximum atomic E-state index is 10.5. The summed E-state index contributed by atoms with van der Waals surface area (Å²) in [5.41, 5.74) is 1.90. The number of hydrogen-bond donors (Lipinski definition) is 2. The maximum absolute atomic E-state index is 10.5. The molecule has 1 rings (SSSR count). The molecule has 5 nitrogen and oxygen atoms in total. The Hall–Kier alpha value is -1.62. The quantitative estimate of drug-likeness (QED) is 0.680. The summed E-state index contributed by atoms with van der Waals surface area (Å²) in [6.07, 6.45) is 1.95. The number of carbonyl (C=O) groups is 1. The lowest BCUT2D eigenvalue weighted by Gasteiger charge is -2.11. The van der Waals surface area contributed by atoms with Crippen LogP contribution in [0.5, 0.6) is 5.75 Å². The molecule has 5 heteroatoms. The average molecular weight is 280 g/mol. The Morgan fingerprint density at radius 1 is 1.45 bits per heavy atom. The SMILES string of the molecule is COc1cc(C)nc(CNCCC(C)CCC(=O)O)c1. The van der Waals surface area contributed by atoms with Gasteiger partial charge in [-0.2, -0.15) is 0 Å². The van der Waals surface area contributed by atoms with Crippen molar-refractivity contribution in [3.8, 4) is 5.75 Å². The molecule has 2 N–H and O–H groups in total. The number of carboxylic acids is 1. The molecule has 0 amide bonds. The zero-order chi connectivity index (χ0) is 15.0. The van der Waals surface area contributed by atoms with Gasteiger partial charge < -0.3 is 15.2 Å². The van der Waals surface area contributed by atoms with E-state index >= 15 is 0 Å². The molecule has 1 atom stereocenters. The van der Waals surface area contributed by atoms with E-state index in [1.54, 1.807) is 7.11 Å². The maximum Gasteiger partial charge on any atom is 0.303 e. The van der Waals surface area contributed by atoms with Crippen LogP contribution in [-0.4, -0.2) is 29.7 Å². The molecule has 0 aliphatic carbocycles. The van der Waals surface area contributed by atoms with Crippen LogP contribution in [0.3, 0.4) is 0 Å². The van der Waals surface area contributed by atoms with E-state index in [0.29, 0.717) is 12.5 Å². The van der Waals surface area contributed by atoms with Crippen molar-refractivity contribution >= 4 is 5.97 Å². The number of nitrogens with zero attached hydrogens (tertiary/aromatic N) is 1. The minimum absolute atomic E-state index is 0.248. The monoisotopic (exact) mass is 280 g/mol. The summed E-state index contributed by atoms with van der Waals surface area (Å²) >= 11 is 0. The highest BCUT2D eigenvalue weighted by atomic mass is 16.5. The number of nitrogens with one attached hydrogen (secondary N) is 1. The number of ether oxygens (including phenoxy) is 1. The fourth-order valence-corrected chi connectivity index (χ4v) is 1.99. The molecule has 1 heterocycles. The second-order valence-electron chi connectivity index (χ2n) is 5.14. The van der Waals surface area contributed by atoms with Gasteiger partial charge in [0, 0.05) is 30.8 Å². The van der Waals surface area contributed by atoms with E-state index in [0.717, 1.165) is 36.5 Å². The second-order valence-corrected chi connectivity index (χ2v) is 5.14. The van der Waals surface area contributed by atoms with Crippen molar-refractivity contribution < 1.29 is 14.6 Å². The molecule has 20 heavy (non-hydrogen) atoms. The summed E-state index contributed by atoms with van der Waals surface area (Å²) in [6.45, 7) is 5.58. The first-order valence-electron chi connectivity index (χ1n) is 6.95. The van der Waals surface area contributed by atoms with E-state index < -0.39 is 5.97 Å². The first-order valence-corrected chi connectivity index (χ1v) is 6.95. The van der Waals surface area contributed by atoms with E-state index in [1.807, 2.05) is 19.1 Å². The minimum Gasteiger partial charge on any atom is -0.497 e. The van der Waals surface area contributed by atoms with Gasteiger partial charge in [0.15, 0.2) is 0 Å². The van der Waals surface area contributed by atoms with E-state index in [-0.39, 0.29) is 6.42 Å². The number of methoxy groups -OCH3 is 1. The summed E-state index contributed by atoms with van der Waals surface area (Å²) in [5, 5.41) is 12.0. The fraction of sp³-hybridized carbons (Fsp3) is 0.600. The lowest BCUT2D eigenvalue weighted by Crippen LogP contribution is -2.18. The van der Waals surface area contributed by atoms with Crippen LogP contribution in [0.1, 0.15) is 37.6 Å². The molecule has 0 spiro atoms. The van der Waals surface area contributed by atoms with E-state index in [2.05, 4.69) is 17.2 Å². The van der Waals surface area contributed by atoms with Gasteiger partial charge >= 0.3 is 5.97 Å². The topological polar surface area (TPSA) is 71.5 Å². The first kappa shape index (κ1) is 16.4. The van der Waals surface area contributed by atoms with Gasteiger partial charge in [0.1, 0.15) is 5.75 Å². The minimum atomic E-state index is -0.721. The smallest absolute Gasteiger partial charge is 0.303 e. The highest BCUT2D eigenvalue weighted by Crippen LogP contribution is 2.13. The lowest BCUT2D eigenvalue weighted by atomic mass is 10.0. The van der Waals surface area contributed by atoms with Crippen LogP contribution in [0, 0.1) is 12.8 Å². The van der Waals surface area contributed by atoms with E-state index in [1.165, 1.54) is 0 Å². The summed E-state index contributed by atoms with van der Waals surface area (Å²) in [6, 6.07) is 3.82. The van der Waals surface area contributed by atoms with Gasteiger partial charge in [-0.15, -0.1) is 0 Å².